The summed E-state index contributed by atoms with van der Waals surface area (Å²) in [6.45, 7) is 5.67. The highest BCUT2D eigenvalue weighted by molar-refractivity contribution is 6.34. The van der Waals surface area contributed by atoms with Gasteiger partial charge < -0.3 is 15.5 Å². The summed E-state index contributed by atoms with van der Waals surface area (Å²) < 4.78 is 0. The van der Waals surface area contributed by atoms with Crippen molar-refractivity contribution in [3.63, 3.8) is 0 Å². The molecule has 3 aromatic carbocycles. The van der Waals surface area contributed by atoms with Crippen LogP contribution in [0.25, 0.3) is 0 Å². The highest BCUT2D eigenvalue weighted by atomic mass is 35.5. The lowest BCUT2D eigenvalue weighted by atomic mass is 9.89. The van der Waals surface area contributed by atoms with Gasteiger partial charge in [-0.25, -0.2) is 0 Å². The fourth-order valence-electron chi connectivity index (χ4n) is 4.58. The Hall–Kier alpha value is -3.31. The van der Waals surface area contributed by atoms with Gasteiger partial charge in [-0.2, -0.15) is 0 Å². The molecule has 1 saturated heterocycles. The van der Waals surface area contributed by atoms with Crippen LogP contribution in [0.2, 0.25) is 5.02 Å². The number of nitrogens with zero attached hydrogens (tertiary/aromatic N) is 1. The van der Waals surface area contributed by atoms with Crippen LogP contribution < -0.4 is 15.5 Å². The molecule has 0 aromatic heterocycles. The standard InChI is InChI=1S/C29H32ClN3O2/c1-20(2)31-29(35)25-19-23(32-28(34)24-10-6-7-11-26(24)30)12-13-27(25)33-16-14-22(15-17-33)18-21-8-4-3-5-9-21/h3-13,19-20,22H,14-18H2,1-2H3,(H,31,35)(H,32,34). The number of hydrogen-bond acceptors (Lipinski definition) is 3. The average molecular weight is 490 g/mol. The second kappa shape index (κ2) is 11.4. The Kier molecular flexibility index (Phi) is 8.09. The minimum atomic E-state index is -0.305. The van der Waals surface area contributed by atoms with Crippen LogP contribution in [-0.2, 0) is 6.42 Å². The van der Waals surface area contributed by atoms with Crippen LogP contribution in [0.5, 0.6) is 0 Å². The largest absolute Gasteiger partial charge is 0.371 e. The van der Waals surface area contributed by atoms with Gasteiger partial charge in [0.25, 0.3) is 11.8 Å². The summed E-state index contributed by atoms with van der Waals surface area (Å²) in [6, 6.07) is 23.1. The van der Waals surface area contributed by atoms with Crippen molar-refractivity contribution >= 4 is 34.8 Å². The van der Waals surface area contributed by atoms with E-state index in [-0.39, 0.29) is 17.9 Å². The molecule has 4 rings (SSSR count). The summed E-state index contributed by atoms with van der Waals surface area (Å²) in [6.07, 6.45) is 3.23. The molecule has 1 heterocycles. The second-order valence-electron chi connectivity index (χ2n) is 9.41. The molecular formula is C29H32ClN3O2. The molecule has 0 radical (unpaired) electrons. The molecule has 1 aliphatic rings. The number of anilines is 2. The Bertz CT molecular complexity index is 1170. The number of carbonyl (C=O) groups is 2. The van der Waals surface area contributed by atoms with Crippen LogP contribution >= 0.6 is 11.6 Å². The van der Waals surface area contributed by atoms with Gasteiger partial charge in [0.1, 0.15) is 0 Å². The van der Waals surface area contributed by atoms with Crippen LogP contribution in [0.15, 0.2) is 72.8 Å². The van der Waals surface area contributed by atoms with Gasteiger partial charge in [0.2, 0.25) is 0 Å². The van der Waals surface area contributed by atoms with Gasteiger partial charge >= 0.3 is 0 Å². The van der Waals surface area contributed by atoms with E-state index in [9.17, 15) is 9.59 Å². The lowest BCUT2D eigenvalue weighted by molar-refractivity contribution is 0.0942. The highest BCUT2D eigenvalue weighted by Gasteiger charge is 2.24. The molecule has 1 fully saturated rings. The fourth-order valence-corrected chi connectivity index (χ4v) is 4.80. The van der Waals surface area contributed by atoms with Crippen molar-refractivity contribution in [3.05, 3.63) is 94.5 Å². The van der Waals surface area contributed by atoms with Gasteiger partial charge in [-0.3, -0.25) is 9.59 Å². The average Bonchev–Trinajstić information content (AvgIpc) is 2.85. The first-order valence-electron chi connectivity index (χ1n) is 12.2. The molecule has 2 N–H and O–H groups in total. The highest BCUT2D eigenvalue weighted by Crippen LogP contribution is 2.30. The van der Waals surface area contributed by atoms with Gasteiger partial charge in [-0.05, 0) is 74.9 Å². The summed E-state index contributed by atoms with van der Waals surface area (Å²) >= 11 is 6.18. The molecule has 5 nitrogen and oxygen atoms in total. The zero-order valence-electron chi connectivity index (χ0n) is 20.3. The van der Waals surface area contributed by atoms with Gasteiger partial charge in [0.15, 0.2) is 0 Å². The lowest BCUT2D eigenvalue weighted by Crippen LogP contribution is -2.37. The first-order valence-corrected chi connectivity index (χ1v) is 12.6. The molecule has 0 bridgehead atoms. The normalized spacial score (nSPS) is 14.1. The number of benzene rings is 3. The predicted octanol–water partition coefficient (Wildman–Crippen LogP) is 6.19. The zero-order valence-corrected chi connectivity index (χ0v) is 21.0. The third-order valence-corrected chi connectivity index (χ3v) is 6.69. The molecule has 182 valence electrons. The molecule has 6 heteroatoms. The summed E-state index contributed by atoms with van der Waals surface area (Å²) in [7, 11) is 0. The van der Waals surface area contributed by atoms with Gasteiger partial charge in [-0.15, -0.1) is 0 Å². The van der Waals surface area contributed by atoms with E-state index in [2.05, 4.69) is 45.9 Å². The van der Waals surface area contributed by atoms with E-state index >= 15 is 0 Å². The minimum absolute atomic E-state index is 0.00771. The van der Waals surface area contributed by atoms with Crippen LogP contribution in [0.1, 0.15) is 53.0 Å². The maximum atomic E-state index is 13.1. The van der Waals surface area contributed by atoms with E-state index in [1.807, 2.05) is 26.0 Å². The zero-order chi connectivity index (χ0) is 24.8. The molecule has 0 unspecified atom stereocenters. The topological polar surface area (TPSA) is 61.4 Å². The smallest absolute Gasteiger partial charge is 0.257 e. The van der Waals surface area contributed by atoms with Crippen molar-refractivity contribution in [1.82, 2.24) is 5.32 Å². The summed E-state index contributed by atoms with van der Waals surface area (Å²) in [5, 5.41) is 6.28. The SMILES string of the molecule is CC(C)NC(=O)c1cc(NC(=O)c2ccccc2Cl)ccc1N1CCC(Cc2ccccc2)CC1. The molecule has 0 aliphatic carbocycles. The maximum Gasteiger partial charge on any atom is 0.257 e. The molecular weight excluding hydrogens is 458 g/mol. The Balaban J connectivity index is 1.51. The van der Waals surface area contributed by atoms with Crippen LogP contribution in [0.4, 0.5) is 11.4 Å². The second-order valence-corrected chi connectivity index (χ2v) is 9.82. The first-order chi connectivity index (χ1) is 16.9. The minimum Gasteiger partial charge on any atom is -0.371 e. The van der Waals surface area contributed by atoms with Crippen molar-refractivity contribution in [2.45, 2.75) is 39.2 Å². The predicted molar refractivity (Wildman–Crippen MR) is 144 cm³/mol. The number of piperidine rings is 1. The Labute approximate surface area is 212 Å². The van der Waals surface area contributed by atoms with Crippen molar-refractivity contribution in [3.8, 4) is 0 Å². The Morgan fingerprint density at radius 1 is 0.914 bits per heavy atom. The first kappa shape index (κ1) is 24.8. The van der Waals surface area contributed by atoms with Gasteiger partial charge in [-0.1, -0.05) is 54.1 Å². The molecule has 35 heavy (non-hydrogen) atoms. The summed E-state index contributed by atoms with van der Waals surface area (Å²) in [5.74, 6) is 0.186. The number of nitrogens with one attached hydrogen (secondary N) is 2. The Morgan fingerprint density at radius 2 is 1.60 bits per heavy atom. The van der Waals surface area contributed by atoms with Crippen molar-refractivity contribution in [2.24, 2.45) is 5.92 Å². The molecule has 2 amide bonds. The number of halogens is 1. The van der Waals surface area contributed by atoms with E-state index in [0.717, 1.165) is 38.0 Å². The van der Waals surface area contributed by atoms with E-state index in [0.29, 0.717) is 27.8 Å². The maximum absolute atomic E-state index is 13.1. The van der Waals surface area contributed by atoms with Crippen molar-refractivity contribution in [2.75, 3.05) is 23.3 Å². The van der Waals surface area contributed by atoms with E-state index < -0.39 is 0 Å². The monoisotopic (exact) mass is 489 g/mol. The van der Waals surface area contributed by atoms with Crippen LogP contribution in [-0.4, -0.2) is 30.9 Å². The van der Waals surface area contributed by atoms with E-state index in [4.69, 9.17) is 11.6 Å². The van der Waals surface area contributed by atoms with Gasteiger partial charge in [0.05, 0.1) is 16.1 Å². The van der Waals surface area contributed by atoms with Gasteiger partial charge in [0, 0.05) is 30.5 Å². The molecule has 1 aliphatic heterocycles. The Morgan fingerprint density at radius 3 is 2.29 bits per heavy atom. The molecule has 3 aromatic rings. The fraction of sp³-hybridized carbons (Fsp3) is 0.310. The number of rotatable bonds is 7. The lowest BCUT2D eigenvalue weighted by Gasteiger charge is -2.35. The van der Waals surface area contributed by atoms with Crippen molar-refractivity contribution < 1.29 is 9.59 Å². The molecule has 0 saturated carbocycles. The number of amides is 2. The van der Waals surface area contributed by atoms with E-state index in [1.54, 1.807) is 30.3 Å². The number of hydrogen-bond donors (Lipinski definition) is 2. The number of carbonyl (C=O) groups excluding carboxylic acids is 2. The van der Waals surface area contributed by atoms with Crippen LogP contribution in [0.3, 0.4) is 0 Å². The van der Waals surface area contributed by atoms with E-state index in [1.165, 1.54) is 5.56 Å². The summed E-state index contributed by atoms with van der Waals surface area (Å²) in [5.41, 5.74) is 3.80. The summed E-state index contributed by atoms with van der Waals surface area (Å²) in [4.78, 5) is 28.2. The third kappa shape index (κ3) is 6.43. The molecule has 0 atom stereocenters. The quantitative estimate of drug-likeness (QED) is 0.416. The molecule has 0 spiro atoms. The van der Waals surface area contributed by atoms with Crippen LogP contribution in [0, 0.1) is 5.92 Å². The van der Waals surface area contributed by atoms with Crippen molar-refractivity contribution in [1.29, 1.82) is 0 Å². The third-order valence-electron chi connectivity index (χ3n) is 6.36.